The van der Waals surface area contributed by atoms with Gasteiger partial charge in [-0.2, -0.15) is 5.10 Å². The standard InChI is InChI=1S/C17H25N3O3/c1-5-7-13(8-6-2)19-20-17(22)16(21)18-14-11-12(3)9-10-15(14)23-4/h9-11H,5-8H2,1-4H3,(H,18,21)(H,20,22). The van der Waals surface area contributed by atoms with Crippen LogP contribution in [-0.4, -0.2) is 24.6 Å². The highest BCUT2D eigenvalue weighted by atomic mass is 16.5. The van der Waals surface area contributed by atoms with Crippen molar-refractivity contribution in [3.63, 3.8) is 0 Å². The molecule has 0 spiro atoms. The molecule has 0 aliphatic rings. The third kappa shape index (κ3) is 6.10. The molecule has 0 aliphatic heterocycles. The highest BCUT2D eigenvalue weighted by Crippen LogP contribution is 2.24. The average Bonchev–Trinajstić information content (AvgIpc) is 2.53. The van der Waals surface area contributed by atoms with Crippen LogP contribution in [0.25, 0.3) is 0 Å². The van der Waals surface area contributed by atoms with Gasteiger partial charge < -0.3 is 10.1 Å². The van der Waals surface area contributed by atoms with Gasteiger partial charge in [-0.05, 0) is 37.5 Å². The number of methoxy groups -OCH3 is 1. The van der Waals surface area contributed by atoms with Gasteiger partial charge in [0.15, 0.2) is 0 Å². The van der Waals surface area contributed by atoms with Crippen LogP contribution in [0.15, 0.2) is 23.3 Å². The number of ether oxygens (including phenoxy) is 1. The predicted molar refractivity (Wildman–Crippen MR) is 91.8 cm³/mol. The zero-order valence-electron chi connectivity index (χ0n) is 14.2. The fourth-order valence-electron chi connectivity index (χ4n) is 2.09. The van der Waals surface area contributed by atoms with E-state index in [4.69, 9.17) is 4.74 Å². The highest BCUT2D eigenvalue weighted by Gasteiger charge is 2.15. The lowest BCUT2D eigenvalue weighted by Gasteiger charge is -2.10. The minimum atomic E-state index is -0.793. The fourth-order valence-corrected chi connectivity index (χ4v) is 2.09. The molecule has 0 saturated carbocycles. The number of hydrazone groups is 1. The molecule has 0 atom stereocenters. The number of hydrogen-bond donors (Lipinski definition) is 2. The summed E-state index contributed by atoms with van der Waals surface area (Å²) in [5.74, 6) is -1.07. The summed E-state index contributed by atoms with van der Waals surface area (Å²) >= 11 is 0. The Morgan fingerprint density at radius 2 is 1.78 bits per heavy atom. The highest BCUT2D eigenvalue weighted by molar-refractivity contribution is 6.39. The number of carbonyl (C=O) groups is 2. The summed E-state index contributed by atoms with van der Waals surface area (Å²) in [5, 5.41) is 6.60. The van der Waals surface area contributed by atoms with E-state index in [1.807, 2.05) is 26.8 Å². The van der Waals surface area contributed by atoms with E-state index < -0.39 is 11.8 Å². The molecule has 2 N–H and O–H groups in total. The number of nitrogens with one attached hydrogen (secondary N) is 2. The van der Waals surface area contributed by atoms with Crippen LogP contribution in [0.3, 0.4) is 0 Å². The fraction of sp³-hybridized carbons (Fsp3) is 0.471. The zero-order chi connectivity index (χ0) is 17.2. The lowest BCUT2D eigenvalue weighted by molar-refractivity contribution is -0.136. The minimum absolute atomic E-state index is 0.457. The molecule has 126 valence electrons. The molecule has 0 bridgehead atoms. The van der Waals surface area contributed by atoms with Crippen molar-refractivity contribution in [1.82, 2.24) is 5.43 Å². The van der Waals surface area contributed by atoms with Crippen LogP contribution in [0, 0.1) is 6.92 Å². The maximum absolute atomic E-state index is 12.0. The second kappa shape index (κ2) is 9.61. The second-order valence-corrected chi connectivity index (χ2v) is 5.28. The van der Waals surface area contributed by atoms with Gasteiger partial charge in [-0.3, -0.25) is 9.59 Å². The van der Waals surface area contributed by atoms with Crippen LogP contribution in [0.5, 0.6) is 5.75 Å². The van der Waals surface area contributed by atoms with Crippen LogP contribution in [0.4, 0.5) is 5.69 Å². The molecule has 0 aliphatic carbocycles. The number of nitrogens with zero attached hydrogens (tertiary/aromatic N) is 1. The first kappa shape index (κ1) is 18.7. The van der Waals surface area contributed by atoms with Gasteiger partial charge >= 0.3 is 11.8 Å². The number of rotatable bonds is 7. The lowest BCUT2D eigenvalue weighted by Crippen LogP contribution is -2.33. The Morgan fingerprint density at radius 1 is 1.13 bits per heavy atom. The Morgan fingerprint density at radius 3 is 2.35 bits per heavy atom. The molecule has 6 nitrogen and oxygen atoms in total. The van der Waals surface area contributed by atoms with Gasteiger partial charge in [-0.25, -0.2) is 5.43 Å². The summed E-state index contributed by atoms with van der Waals surface area (Å²) in [6.07, 6.45) is 3.51. The molecule has 0 heterocycles. The Kier molecular flexibility index (Phi) is 7.80. The molecule has 0 unspecified atom stereocenters. The summed E-state index contributed by atoms with van der Waals surface area (Å²) in [6, 6.07) is 5.34. The van der Waals surface area contributed by atoms with Crippen LogP contribution >= 0.6 is 0 Å². The first-order chi connectivity index (χ1) is 11.0. The lowest BCUT2D eigenvalue weighted by atomic mass is 10.1. The van der Waals surface area contributed by atoms with Crippen molar-refractivity contribution in [1.29, 1.82) is 0 Å². The summed E-state index contributed by atoms with van der Waals surface area (Å²) in [7, 11) is 1.51. The van der Waals surface area contributed by atoms with Crippen LogP contribution in [0.2, 0.25) is 0 Å². The van der Waals surface area contributed by atoms with Crippen molar-refractivity contribution in [3.8, 4) is 5.75 Å². The molecule has 0 fully saturated rings. The summed E-state index contributed by atoms with van der Waals surface area (Å²) in [6.45, 7) is 5.98. The number of amides is 2. The van der Waals surface area contributed by atoms with Crippen LogP contribution in [-0.2, 0) is 9.59 Å². The number of aryl methyl sites for hydroxylation is 1. The average molecular weight is 319 g/mol. The first-order valence-electron chi connectivity index (χ1n) is 7.83. The molecular weight excluding hydrogens is 294 g/mol. The molecule has 6 heteroatoms. The van der Waals surface area contributed by atoms with E-state index in [1.165, 1.54) is 7.11 Å². The van der Waals surface area contributed by atoms with Crippen LogP contribution < -0.4 is 15.5 Å². The third-order valence-electron chi connectivity index (χ3n) is 3.20. The van der Waals surface area contributed by atoms with Crippen molar-refractivity contribution in [2.75, 3.05) is 12.4 Å². The maximum atomic E-state index is 12.0. The molecular formula is C17H25N3O3. The maximum Gasteiger partial charge on any atom is 0.329 e. The Labute approximate surface area is 137 Å². The number of anilines is 1. The summed E-state index contributed by atoms with van der Waals surface area (Å²) in [4.78, 5) is 23.8. The molecule has 1 rings (SSSR count). The van der Waals surface area contributed by atoms with E-state index in [1.54, 1.807) is 12.1 Å². The second-order valence-electron chi connectivity index (χ2n) is 5.28. The van der Waals surface area contributed by atoms with Gasteiger partial charge in [-0.1, -0.05) is 32.8 Å². The number of carbonyl (C=O) groups excluding carboxylic acids is 2. The Balaban J connectivity index is 2.72. The molecule has 23 heavy (non-hydrogen) atoms. The minimum Gasteiger partial charge on any atom is -0.495 e. The quantitative estimate of drug-likeness (QED) is 0.460. The van der Waals surface area contributed by atoms with Crippen molar-refractivity contribution in [2.45, 2.75) is 46.5 Å². The van der Waals surface area contributed by atoms with Crippen molar-refractivity contribution in [2.24, 2.45) is 5.10 Å². The van der Waals surface area contributed by atoms with E-state index in [2.05, 4.69) is 15.8 Å². The first-order valence-corrected chi connectivity index (χ1v) is 7.83. The zero-order valence-corrected chi connectivity index (χ0v) is 14.2. The molecule has 1 aromatic rings. The monoisotopic (exact) mass is 319 g/mol. The third-order valence-corrected chi connectivity index (χ3v) is 3.20. The molecule has 2 amide bonds. The van der Waals surface area contributed by atoms with Gasteiger partial charge in [0.05, 0.1) is 12.8 Å². The van der Waals surface area contributed by atoms with E-state index in [9.17, 15) is 9.59 Å². The molecule has 1 aromatic carbocycles. The van der Waals surface area contributed by atoms with Crippen molar-refractivity contribution >= 4 is 23.2 Å². The van der Waals surface area contributed by atoms with Crippen molar-refractivity contribution in [3.05, 3.63) is 23.8 Å². The largest absolute Gasteiger partial charge is 0.495 e. The summed E-state index contributed by atoms with van der Waals surface area (Å²) in [5.41, 5.74) is 4.62. The SMILES string of the molecule is CCCC(CCC)=NNC(=O)C(=O)Nc1cc(C)ccc1OC. The van der Waals surface area contributed by atoms with Crippen LogP contribution in [0.1, 0.15) is 45.1 Å². The van der Waals surface area contributed by atoms with Gasteiger partial charge in [0.25, 0.3) is 0 Å². The molecule has 0 radical (unpaired) electrons. The molecule has 0 saturated heterocycles. The van der Waals surface area contributed by atoms with E-state index in [0.717, 1.165) is 37.0 Å². The topological polar surface area (TPSA) is 79.8 Å². The normalized spacial score (nSPS) is 9.91. The van der Waals surface area contributed by atoms with E-state index in [-0.39, 0.29) is 0 Å². The van der Waals surface area contributed by atoms with Gasteiger partial charge in [0, 0.05) is 5.71 Å². The van der Waals surface area contributed by atoms with E-state index in [0.29, 0.717) is 11.4 Å². The Bertz CT molecular complexity index is 574. The van der Waals surface area contributed by atoms with Gasteiger partial charge in [0.2, 0.25) is 0 Å². The summed E-state index contributed by atoms with van der Waals surface area (Å²) < 4.78 is 5.17. The predicted octanol–water partition coefficient (Wildman–Crippen LogP) is 3.01. The van der Waals surface area contributed by atoms with Gasteiger partial charge in [-0.15, -0.1) is 0 Å². The number of hydrogen-bond acceptors (Lipinski definition) is 4. The molecule has 0 aromatic heterocycles. The van der Waals surface area contributed by atoms with Crippen molar-refractivity contribution < 1.29 is 14.3 Å². The smallest absolute Gasteiger partial charge is 0.329 e. The Hall–Kier alpha value is -2.37. The number of benzene rings is 1. The van der Waals surface area contributed by atoms with Gasteiger partial charge in [0.1, 0.15) is 5.75 Å². The van der Waals surface area contributed by atoms with E-state index >= 15 is 0 Å².